The van der Waals surface area contributed by atoms with Crippen molar-refractivity contribution in [2.45, 2.75) is 19.8 Å². The Kier molecular flexibility index (Phi) is 5.11. The van der Waals surface area contributed by atoms with Crippen LogP contribution < -0.4 is 5.32 Å². The molecule has 0 aliphatic rings. The number of carbonyl (C=O) groups excluding carboxylic acids is 1. The van der Waals surface area contributed by atoms with Gasteiger partial charge in [0, 0.05) is 31.6 Å². The van der Waals surface area contributed by atoms with Crippen molar-refractivity contribution in [1.29, 1.82) is 0 Å². The van der Waals surface area contributed by atoms with Gasteiger partial charge in [-0.15, -0.1) is 0 Å². The number of aromatic amines is 1. The van der Waals surface area contributed by atoms with E-state index in [2.05, 4.69) is 20.3 Å². The molecule has 0 atom stereocenters. The first kappa shape index (κ1) is 14.0. The average molecular weight is 274 g/mol. The molecule has 0 fully saturated rings. The van der Waals surface area contributed by atoms with Crippen LogP contribution in [-0.2, 0) is 11.2 Å². The van der Waals surface area contributed by atoms with Crippen molar-refractivity contribution < 1.29 is 9.53 Å². The highest BCUT2D eigenvalue weighted by Crippen LogP contribution is 2.13. The summed E-state index contributed by atoms with van der Waals surface area (Å²) in [5.41, 5.74) is 0.465. The van der Waals surface area contributed by atoms with Gasteiger partial charge in [0.25, 0.3) is 0 Å². The average Bonchev–Trinajstić information content (AvgIpc) is 2.97. The smallest absolute Gasteiger partial charge is 0.341 e. The van der Waals surface area contributed by atoms with Crippen molar-refractivity contribution in [3.8, 4) is 0 Å². The van der Waals surface area contributed by atoms with Crippen LogP contribution in [0.5, 0.6) is 0 Å². The molecule has 6 nitrogen and oxygen atoms in total. The standard InChI is InChI=1S/C14H18N4O2/c1-2-20-14(19)11-5-3-7-17-13(11)18-8-4-6-12-15-9-10-16-12/h3,5,7,9-10H,2,4,6,8H2,1H3,(H,15,16)(H,17,18). The molecule has 0 radical (unpaired) electrons. The maximum atomic E-state index is 11.8. The molecule has 20 heavy (non-hydrogen) atoms. The van der Waals surface area contributed by atoms with E-state index in [1.165, 1.54) is 0 Å². The summed E-state index contributed by atoms with van der Waals surface area (Å²) in [4.78, 5) is 23.2. The molecular formula is C14H18N4O2. The molecule has 2 rings (SSSR count). The highest BCUT2D eigenvalue weighted by molar-refractivity contribution is 5.94. The number of rotatable bonds is 7. The summed E-state index contributed by atoms with van der Waals surface area (Å²) in [7, 11) is 0. The van der Waals surface area contributed by atoms with Crippen LogP contribution >= 0.6 is 0 Å². The zero-order chi connectivity index (χ0) is 14.2. The number of carbonyl (C=O) groups is 1. The number of anilines is 1. The van der Waals surface area contributed by atoms with Crippen molar-refractivity contribution in [3.63, 3.8) is 0 Å². The van der Waals surface area contributed by atoms with Crippen LogP contribution in [0.25, 0.3) is 0 Å². The molecule has 0 spiro atoms. The summed E-state index contributed by atoms with van der Waals surface area (Å²) in [5.74, 6) is 1.16. The van der Waals surface area contributed by atoms with Gasteiger partial charge in [0.2, 0.25) is 0 Å². The molecule has 0 bridgehead atoms. The van der Waals surface area contributed by atoms with Crippen LogP contribution in [0.15, 0.2) is 30.7 Å². The van der Waals surface area contributed by atoms with E-state index in [1.807, 2.05) is 0 Å². The minimum absolute atomic E-state index is 0.353. The molecule has 2 aromatic rings. The summed E-state index contributed by atoms with van der Waals surface area (Å²) in [6.07, 6.45) is 6.94. The topological polar surface area (TPSA) is 79.9 Å². The Morgan fingerprint density at radius 3 is 3.05 bits per heavy atom. The molecule has 2 N–H and O–H groups in total. The second kappa shape index (κ2) is 7.28. The van der Waals surface area contributed by atoms with Gasteiger partial charge in [-0.1, -0.05) is 0 Å². The predicted octanol–water partition coefficient (Wildman–Crippen LogP) is 2.03. The van der Waals surface area contributed by atoms with Crippen LogP contribution in [0.1, 0.15) is 29.5 Å². The van der Waals surface area contributed by atoms with Crippen molar-refractivity contribution >= 4 is 11.8 Å². The van der Waals surface area contributed by atoms with Gasteiger partial charge in [0.1, 0.15) is 17.2 Å². The summed E-state index contributed by atoms with van der Waals surface area (Å²) < 4.78 is 5.00. The van der Waals surface area contributed by atoms with Crippen molar-refractivity contribution in [1.82, 2.24) is 15.0 Å². The highest BCUT2D eigenvalue weighted by atomic mass is 16.5. The lowest BCUT2D eigenvalue weighted by Gasteiger charge is -2.09. The number of imidazole rings is 1. The van der Waals surface area contributed by atoms with Gasteiger partial charge in [0.15, 0.2) is 0 Å². The third-order valence-electron chi connectivity index (χ3n) is 2.74. The first-order valence-corrected chi connectivity index (χ1v) is 6.65. The largest absolute Gasteiger partial charge is 0.462 e. The van der Waals surface area contributed by atoms with Gasteiger partial charge in [-0.2, -0.15) is 0 Å². The highest BCUT2D eigenvalue weighted by Gasteiger charge is 2.12. The summed E-state index contributed by atoms with van der Waals surface area (Å²) in [6.45, 7) is 2.85. The fraction of sp³-hybridized carbons (Fsp3) is 0.357. The van der Waals surface area contributed by atoms with E-state index in [0.29, 0.717) is 24.5 Å². The van der Waals surface area contributed by atoms with E-state index in [4.69, 9.17) is 4.74 Å². The molecule has 0 aliphatic carbocycles. The van der Waals surface area contributed by atoms with Crippen LogP contribution in [0.2, 0.25) is 0 Å². The lowest BCUT2D eigenvalue weighted by molar-refractivity contribution is 0.0527. The summed E-state index contributed by atoms with van der Waals surface area (Å²) >= 11 is 0. The number of nitrogens with one attached hydrogen (secondary N) is 2. The summed E-state index contributed by atoms with van der Waals surface area (Å²) in [6, 6.07) is 3.43. The molecule has 6 heteroatoms. The Morgan fingerprint density at radius 1 is 1.40 bits per heavy atom. The van der Waals surface area contributed by atoms with Gasteiger partial charge in [0.05, 0.1) is 6.61 Å². The Morgan fingerprint density at radius 2 is 2.30 bits per heavy atom. The Hall–Kier alpha value is -2.37. The number of ether oxygens (including phenoxy) is 1. The number of aromatic nitrogens is 3. The van der Waals surface area contributed by atoms with Crippen molar-refractivity contribution in [3.05, 3.63) is 42.1 Å². The Bertz CT molecular complexity index is 540. The minimum Gasteiger partial charge on any atom is -0.462 e. The molecular weight excluding hydrogens is 256 g/mol. The molecule has 2 aromatic heterocycles. The number of esters is 1. The molecule has 0 saturated heterocycles. The van der Waals surface area contributed by atoms with Crippen molar-refractivity contribution in [2.75, 3.05) is 18.5 Å². The number of nitrogens with zero attached hydrogens (tertiary/aromatic N) is 2. The summed E-state index contributed by atoms with van der Waals surface area (Å²) in [5, 5.41) is 3.16. The zero-order valence-electron chi connectivity index (χ0n) is 11.4. The van der Waals surface area contributed by atoms with E-state index in [-0.39, 0.29) is 5.97 Å². The first-order chi connectivity index (χ1) is 9.81. The quantitative estimate of drug-likeness (QED) is 0.596. The lowest BCUT2D eigenvalue weighted by Crippen LogP contribution is -2.12. The van der Waals surface area contributed by atoms with Gasteiger partial charge < -0.3 is 15.0 Å². The molecule has 106 valence electrons. The molecule has 2 heterocycles. The molecule has 0 saturated carbocycles. The van der Waals surface area contributed by atoms with Gasteiger partial charge in [-0.05, 0) is 25.5 Å². The molecule has 0 amide bonds. The fourth-order valence-corrected chi connectivity index (χ4v) is 1.82. The number of H-pyrrole nitrogens is 1. The van der Waals surface area contributed by atoms with E-state index in [1.54, 1.807) is 37.6 Å². The maximum Gasteiger partial charge on any atom is 0.341 e. The fourth-order valence-electron chi connectivity index (χ4n) is 1.82. The third-order valence-corrected chi connectivity index (χ3v) is 2.74. The van der Waals surface area contributed by atoms with Crippen LogP contribution in [0.4, 0.5) is 5.82 Å². The van der Waals surface area contributed by atoms with Crippen LogP contribution in [-0.4, -0.2) is 34.1 Å². The second-order valence-corrected chi connectivity index (χ2v) is 4.19. The van der Waals surface area contributed by atoms with Crippen LogP contribution in [0, 0.1) is 0 Å². The maximum absolute atomic E-state index is 11.8. The number of aryl methyl sites for hydroxylation is 1. The molecule has 0 aromatic carbocycles. The first-order valence-electron chi connectivity index (χ1n) is 6.65. The molecule has 0 unspecified atom stereocenters. The van der Waals surface area contributed by atoms with E-state index < -0.39 is 0 Å². The van der Waals surface area contributed by atoms with E-state index in [9.17, 15) is 4.79 Å². The van der Waals surface area contributed by atoms with Crippen LogP contribution in [0.3, 0.4) is 0 Å². The lowest BCUT2D eigenvalue weighted by atomic mass is 10.2. The predicted molar refractivity (Wildman–Crippen MR) is 75.6 cm³/mol. The normalized spacial score (nSPS) is 10.2. The Labute approximate surface area is 117 Å². The SMILES string of the molecule is CCOC(=O)c1cccnc1NCCCc1ncc[nH]1. The van der Waals surface area contributed by atoms with Gasteiger partial charge in [-0.3, -0.25) is 0 Å². The monoisotopic (exact) mass is 274 g/mol. The number of hydrogen-bond acceptors (Lipinski definition) is 5. The van der Waals surface area contributed by atoms with Gasteiger partial charge in [-0.25, -0.2) is 14.8 Å². The minimum atomic E-state index is -0.353. The zero-order valence-corrected chi connectivity index (χ0v) is 11.4. The van der Waals surface area contributed by atoms with E-state index in [0.717, 1.165) is 18.7 Å². The number of hydrogen-bond donors (Lipinski definition) is 2. The van der Waals surface area contributed by atoms with E-state index >= 15 is 0 Å². The van der Waals surface area contributed by atoms with Crippen molar-refractivity contribution in [2.24, 2.45) is 0 Å². The van der Waals surface area contributed by atoms with Gasteiger partial charge >= 0.3 is 5.97 Å². The number of pyridine rings is 1. The second-order valence-electron chi connectivity index (χ2n) is 4.19. The molecule has 0 aliphatic heterocycles. The Balaban J connectivity index is 1.87. The third kappa shape index (κ3) is 3.81.